The number of hydrogen-bond acceptors (Lipinski definition) is 17. The zero-order valence-electron chi connectivity index (χ0n) is 77.1. The molecule has 1 fully saturated rings. The van der Waals surface area contributed by atoms with Crippen molar-refractivity contribution in [3.8, 4) is 0 Å². The molecule has 7 atom stereocenters. The summed E-state index contributed by atoms with van der Waals surface area (Å²) in [7, 11) is 2.91. The summed E-state index contributed by atoms with van der Waals surface area (Å²) >= 11 is 6.74. The predicted octanol–water partition coefficient (Wildman–Crippen LogP) is 21.0. The van der Waals surface area contributed by atoms with E-state index in [1.807, 2.05) is 303 Å². The molecule has 0 saturated carbocycles. The van der Waals surface area contributed by atoms with Crippen LogP contribution in [0.15, 0.2) is 340 Å². The number of nitrogens with zero attached hydrogens (tertiary/aromatic N) is 1. The molecule has 135 heavy (non-hydrogen) atoms. The number of hydroxylamine groups is 2. The quantitative estimate of drug-likeness (QED) is 0.00443. The number of rotatable bonds is 39. The van der Waals surface area contributed by atoms with Crippen LogP contribution in [0.3, 0.4) is 0 Å². The summed E-state index contributed by atoms with van der Waals surface area (Å²) in [5.41, 5.74) is 11.6. The number of aliphatic hydroxyl groups excluding tert-OH is 2. The molecular weight excluding hydrogens is 1990 g/mol. The minimum absolute atomic E-state index is 0. The monoisotopic (exact) mass is 2120 g/mol. The van der Waals surface area contributed by atoms with Gasteiger partial charge in [-0.3, -0.25) is 14.4 Å². The molecule has 0 aliphatic carbocycles. The van der Waals surface area contributed by atoms with E-state index < -0.39 is 78.9 Å². The van der Waals surface area contributed by atoms with E-state index in [0.717, 1.165) is 86.8 Å². The number of aliphatic hydroxyl groups is 2. The summed E-state index contributed by atoms with van der Waals surface area (Å²) in [6.07, 6.45) is 3.71. The Bertz CT molecular complexity index is 4790. The average molecular weight is 2120 g/mol. The molecule has 0 spiro atoms. The van der Waals surface area contributed by atoms with Crippen molar-refractivity contribution in [2.24, 2.45) is 0 Å². The second-order valence-corrected chi connectivity index (χ2v) is 30.4. The topological polar surface area (TPSA) is 325 Å². The van der Waals surface area contributed by atoms with Crippen LogP contribution in [0.5, 0.6) is 0 Å². The summed E-state index contributed by atoms with van der Waals surface area (Å²) in [6, 6.07) is 92.8. The van der Waals surface area contributed by atoms with E-state index in [4.69, 9.17) is 33.3 Å². The van der Waals surface area contributed by atoms with Gasteiger partial charge in [-0.15, -0.1) is 0 Å². The molecule has 5 unspecified atom stereocenters. The first-order chi connectivity index (χ1) is 64.4. The van der Waals surface area contributed by atoms with Crippen molar-refractivity contribution in [1.82, 2.24) is 31.6 Å². The first-order valence-corrected chi connectivity index (χ1v) is 66.4. The van der Waals surface area contributed by atoms with Crippen molar-refractivity contribution in [3.05, 3.63) is 395 Å². The van der Waals surface area contributed by atoms with E-state index in [9.17, 15) is 53.7 Å². The molecule has 1 aliphatic rings. The number of aryl methyl sites for hydroxylation is 5. The van der Waals surface area contributed by atoms with Crippen LogP contribution in [0.1, 0.15) is 138 Å². The van der Waals surface area contributed by atoms with Gasteiger partial charge in [0.25, 0.3) is 5.91 Å². The van der Waals surface area contributed by atoms with Crippen LogP contribution < -0.4 is 26.6 Å². The number of ketones is 1. The van der Waals surface area contributed by atoms with E-state index in [0.29, 0.717) is 68.1 Å². The molecule has 0 aromatic heterocycles. The number of benzene rings is 10. The Kier molecular flexibility index (Phi) is 68.7. The van der Waals surface area contributed by atoms with Gasteiger partial charge in [-0.25, -0.2) is 33.8 Å². The fourth-order valence-electron chi connectivity index (χ4n) is 12.6. The summed E-state index contributed by atoms with van der Waals surface area (Å²) in [5, 5.41) is 44.2. The number of hydrogen-bond donors (Lipinski definition) is 8. The number of carboxylic acids is 1. The summed E-state index contributed by atoms with van der Waals surface area (Å²) in [5.74, 6) is -1.58. The van der Waals surface area contributed by atoms with Gasteiger partial charge in [-0.2, -0.15) is 0 Å². The normalized spacial score (nSPS) is 12.0. The molecule has 10 aromatic rings. The van der Waals surface area contributed by atoms with E-state index in [-0.39, 0.29) is 61.0 Å². The van der Waals surface area contributed by atoms with Crippen LogP contribution in [-0.4, -0.2) is 201 Å². The van der Waals surface area contributed by atoms with Crippen LogP contribution in [0, 0.1) is 0 Å². The second-order valence-electron chi connectivity index (χ2n) is 30.4. The molecule has 1 saturated heterocycles. The fraction of sp³-hybridized carbons (Fsp3) is 0.308. The third-order valence-electron chi connectivity index (χ3n) is 19.9. The van der Waals surface area contributed by atoms with Gasteiger partial charge >= 0.3 is 99.6 Å². The van der Waals surface area contributed by atoms with Crippen LogP contribution in [0.2, 0.25) is 0 Å². The molecule has 28 heteroatoms. The van der Waals surface area contributed by atoms with Gasteiger partial charge in [-0.1, -0.05) is 349 Å². The van der Waals surface area contributed by atoms with Gasteiger partial charge in [-0.05, 0) is 159 Å². The van der Waals surface area contributed by atoms with Gasteiger partial charge in [0.05, 0.1) is 37.4 Å². The van der Waals surface area contributed by atoms with Crippen molar-refractivity contribution < 1.29 is 88.4 Å². The number of carbonyl (C=O) groups is 8. The van der Waals surface area contributed by atoms with Gasteiger partial charge in [0.15, 0.2) is 5.78 Å². The zero-order valence-corrected chi connectivity index (χ0v) is 87.7. The molecule has 716 valence electrons. The van der Waals surface area contributed by atoms with Crippen LogP contribution >= 0.6 is 37.2 Å². The Balaban J connectivity index is 0.000000825. The Morgan fingerprint density at radius 1 is 0.363 bits per heavy atom. The summed E-state index contributed by atoms with van der Waals surface area (Å²) in [4.78, 5) is 101. The second kappa shape index (κ2) is 76.0. The summed E-state index contributed by atoms with van der Waals surface area (Å²) < 4.78 is 30.9. The molecule has 6 amide bonds. The van der Waals surface area contributed by atoms with Crippen LogP contribution in [0.25, 0.3) is 0 Å². The Hall–Kier alpha value is -9.05. The Morgan fingerprint density at radius 2 is 0.570 bits per heavy atom. The molecule has 0 bridgehead atoms. The number of nitrogens with one attached hydrogen (secondary N) is 5. The molecular formula is C107H134I2K2N6O18. The van der Waals surface area contributed by atoms with Gasteiger partial charge in [0.2, 0.25) is 0 Å². The number of ether oxygens (including phenoxy) is 6. The van der Waals surface area contributed by atoms with Crippen molar-refractivity contribution in [1.29, 1.82) is 0 Å². The summed E-state index contributed by atoms with van der Waals surface area (Å²) in [6.45, 7) is 19.2. The van der Waals surface area contributed by atoms with Gasteiger partial charge in [0.1, 0.15) is 45.1 Å². The number of carbonyl (C=O) groups excluding carboxylic acids is 7. The number of likely N-dealkylation sites (N-methyl/N-ethyl adjacent to an activating group) is 1. The number of aliphatic carboxylic acids is 1. The Morgan fingerprint density at radius 3 is 0.785 bits per heavy atom. The standard InChI is InChI=1S/2C21H25NO3.C21H23NO3.C20H24N2O4.C18H19NO4.C4H8O.2CH4.I2.2K.H2/c3*1-16(2)20(23)19(14-13-17-9-5-3-6-10-17)22-21(24)25-15-18-11-7-4-8-12-18;1-22(25-2)19(23)18(14-13-16-9-5-3-6-10-16)21-20(24)26-15-17-11-7-4-8-12-17;20-17(21)16(12-11-14-7-3-1-4-8-14)19-18(22)23-13-15-9-5-2-6-10-15;1-2-4-5-3-1;;;1-2;;;/h2*3-12,19-20,23H,1,13-15H2,2H3,(H,22,24);3-12,19H,1,13-15H2,2H3,(H,22,24);3-12,18H,13-15H2,1-2H3,(H,21,24);1-10,16H,11-13H2,(H,19,22)(H,20,21);1-4H2;2*1H4;;;;1H/t2*19?,20-;;;;;;;;;;/m10........../s1. The zero-order chi connectivity index (χ0) is 97.0. The average Bonchev–Trinajstić information content (AvgIpc) is 0.907. The number of amides is 6. The molecule has 24 nitrogen and oxygen atoms in total. The van der Waals surface area contributed by atoms with E-state index in [1.165, 1.54) is 90.2 Å². The van der Waals surface area contributed by atoms with E-state index in [1.54, 1.807) is 20.8 Å². The van der Waals surface area contributed by atoms with E-state index in [2.05, 4.69) is 83.6 Å². The molecule has 1 heterocycles. The third-order valence-corrected chi connectivity index (χ3v) is 19.9. The van der Waals surface area contributed by atoms with Crippen LogP contribution in [-0.2, 0) is 113 Å². The maximum atomic E-state index is 12.4. The third kappa shape index (κ3) is 55.8. The predicted molar refractivity (Wildman–Crippen MR) is 556 cm³/mol. The number of alkyl carbamates (subject to hydrolysis) is 5. The first-order valence-electron chi connectivity index (χ1n) is 44.1. The molecule has 11 rings (SSSR count). The number of halogens is 2. The SMILES string of the molecule is C.C.C1CCOC1.C=C(C)C(=O)C(CCc1ccccc1)NC(=O)OCc1ccccc1.C=C(C)[C@@H](O)C(CCc1ccccc1)NC(=O)OCc1ccccc1.C=C(C)[C@H](O)C(CCc1ccccc1)NC(=O)OCc1ccccc1.CON(C)C(=O)C(CCc1ccccc1)NC(=O)OCc1ccccc1.II.O=C(NC(CCc1ccccc1)C(=O)O)OCc1ccccc1.[HH].[K][K]. The van der Waals surface area contributed by atoms with Gasteiger partial charge in [0, 0.05) is 58.9 Å². The number of Topliss-reactive ketones (excluding diaryl/α,β-unsaturated/α-hetero) is 1. The molecule has 8 N–H and O–H groups in total. The maximum absolute atomic E-state index is 12.4. The van der Waals surface area contributed by atoms with Gasteiger partial charge < -0.3 is 70.3 Å². The molecule has 0 radical (unpaired) electrons. The molecule has 10 aromatic carbocycles. The van der Waals surface area contributed by atoms with Crippen molar-refractivity contribution in [2.75, 3.05) is 27.4 Å². The number of carboxylic acid groups (broad SMARTS) is 1. The van der Waals surface area contributed by atoms with Crippen LogP contribution in [0.4, 0.5) is 24.0 Å². The van der Waals surface area contributed by atoms with Crippen molar-refractivity contribution >= 4 is 149 Å². The fourth-order valence-corrected chi connectivity index (χ4v) is 12.6. The van der Waals surface area contributed by atoms with Crippen molar-refractivity contribution in [2.45, 2.75) is 188 Å². The Labute approximate surface area is 868 Å². The van der Waals surface area contributed by atoms with E-state index >= 15 is 0 Å². The van der Waals surface area contributed by atoms with Crippen molar-refractivity contribution in [3.63, 3.8) is 0 Å². The first kappa shape index (κ1) is 122. The minimum atomic E-state index is -1.07. The molecule has 1 aliphatic heterocycles.